The summed E-state index contributed by atoms with van der Waals surface area (Å²) in [6, 6.07) is 15.5. The summed E-state index contributed by atoms with van der Waals surface area (Å²) in [4.78, 5) is 13.1. The zero-order valence-corrected chi connectivity index (χ0v) is 17.7. The molecule has 0 bridgehead atoms. The Balaban J connectivity index is 1.46. The van der Waals surface area contributed by atoms with Crippen LogP contribution in [-0.4, -0.2) is 24.2 Å². The molecule has 164 valence electrons. The first kappa shape index (κ1) is 20.6. The zero-order chi connectivity index (χ0) is 22.5. The fourth-order valence-electron chi connectivity index (χ4n) is 3.56. The van der Waals surface area contributed by atoms with Gasteiger partial charge >= 0.3 is 0 Å². The smallest absolute Gasteiger partial charge is 0.266 e. The standard InChI is InChI=1S/C24H18ClF2NO4/c1-30-22-10-17(6-7-20(22)31-13-15-12-24(15,26)27)28-9-8-19-18(23(28)29)11-21(32-19)14-2-4-16(25)5-3-14/h2-11,15H,12-13H2,1H3. The van der Waals surface area contributed by atoms with Crippen molar-refractivity contribution in [1.82, 2.24) is 4.57 Å². The van der Waals surface area contributed by atoms with Crippen molar-refractivity contribution >= 4 is 22.6 Å². The monoisotopic (exact) mass is 457 g/mol. The summed E-state index contributed by atoms with van der Waals surface area (Å²) in [6.45, 7) is -0.0862. The highest BCUT2D eigenvalue weighted by molar-refractivity contribution is 6.30. The van der Waals surface area contributed by atoms with Crippen molar-refractivity contribution in [3.63, 3.8) is 0 Å². The first-order valence-electron chi connectivity index (χ1n) is 9.96. The lowest BCUT2D eigenvalue weighted by molar-refractivity contribution is 0.0851. The normalized spacial score (nSPS) is 16.8. The van der Waals surface area contributed by atoms with Crippen molar-refractivity contribution in [2.24, 2.45) is 5.92 Å². The largest absolute Gasteiger partial charge is 0.493 e. The number of methoxy groups -OCH3 is 1. The van der Waals surface area contributed by atoms with Gasteiger partial charge in [0.1, 0.15) is 11.3 Å². The van der Waals surface area contributed by atoms with Gasteiger partial charge in [-0.1, -0.05) is 11.6 Å². The molecule has 1 atom stereocenters. The molecule has 0 aliphatic heterocycles. The van der Waals surface area contributed by atoms with Crippen LogP contribution in [-0.2, 0) is 0 Å². The molecule has 4 aromatic rings. The summed E-state index contributed by atoms with van der Waals surface area (Å²) in [5.41, 5.74) is 1.56. The lowest BCUT2D eigenvalue weighted by Crippen LogP contribution is -2.17. The Kier molecular flexibility index (Phi) is 4.93. The lowest BCUT2D eigenvalue weighted by atomic mass is 10.1. The van der Waals surface area contributed by atoms with E-state index in [1.54, 1.807) is 48.7 Å². The van der Waals surface area contributed by atoms with Crippen molar-refractivity contribution in [2.45, 2.75) is 12.3 Å². The third-order valence-corrected chi connectivity index (χ3v) is 5.79. The molecule has 0 radical (unpaired) electrons. The number of hydrogen-bond donors (Lipinski definition) is 0. The highest BCUT2D eigenvalue weighted by Gasteiger charge is 2.57. The molecule has 1 aliphatic rings. The molecule has 5 rings (SSSR count). The number of nitrogens with zero attached hydrogens (tertiary/aromatic N) is 1. The van der Waals surface area contributed by atoms with E-state index in [0.29, 0.717) is 38.9 Å². The topological polar surface area (TPSA) is 53.6 Å². The Morgan fingerprint density at radius 3 is 2.56 bits per heavy atom. The molecule has 1 saturated carbocycles. The van der Waals surface area contributed by atoms with Gasteiger partial charge in [-0.05, 0) is 48.5 Å². The SMILES string of the molecule is COc1cc(-n2ccc3oc(-c4ccc(Cl)cc4)cc3c2=O)ccc1OCC1CC1(F)F. The molecule has 2 aromatic carbocycles. The number of rotatable bonds is 6. The number of fused-ring (bicyclic) bond motifs is 1. The van der Waals surface area contributed by atoms with Gasteiger partial charge in [0, 0.05) is 29.3 Å². The summed E-state index contributed by atoms with van der Waals surface area (Å²) in [7, 11) is 1.46. The van der Waals surface area contributed by atoms with Crippen LogP contribution in [0, 0.1) is 5.92 Å². The average molecular weight is 458 g/mol. The van der Waals surface area contributed by atoms with Crippen LogP contribution >= 0.6 is 11.6 Å². The molecule has 0 spiro atoms. The Morgan fingerprint density at radius 2 is 1.88 bits per heavy atom. The van der Waals surface area contributed by atoms with E-state index < -0.39 is 11.8 Å². The van der Waals surface area contributed by atoms with Gasteiger partial charge in [-0.25, -0.2) is 8.78 Å². The molecule has 1 aliphatic carbocycles. The van der Waals surface area contributed by atoms with Gasteiger partial charge in [0.25, 0.3) is 11.5 Å². The maximum absolute atomic E-state index is 13.1. The van der Waals surface area contributed by atoms with Gasteiger partial charge in [0.15, 0.2) is 11.5 Å². The zero-order valence-electron chi connectivity index (χ0n) is 17.0. The number of ether oxygens (including phenoxy) is 2. The van der Waals surface area contributed by atoms with Crippen LogP contribution in [0.3, 0.4) is 0 Å². The molecule has 0 N–H and O–H groups in total. The number of pyridine rings is 1. The average Bonchev–Trinajstić information content (AvgIpc) is 3.18. The molecule has 1 fully saturated rings. The van der Waals surface area contributed by atoms with E-state index in [4.69, 9.17) is 25.5 Å². The highest BCUT2D eigenvalue weighted by atomic mass is 35.5. The van der Waals surface area contributed by atoms with Gasteiger partial charge in [-0.2, -0.15) is 0 Å². The van der Waals surface area contributed by atoms with Crippen LogP contribution in [0.25, 0.3) is 28.0 Å². The number of hydrogen-bond acceptors (Lipinski definition) is 4. The van der Waals surface area contributed by atoms with E-state index in [-0.39, 0.29) is 18.6 Å². The lowest BCUT2D eigenvalue weighted by Gasteiger charge is -2.13. The Bertz CT molecular complexity index is 1360. The Morgan fingerprint density at radius 1 is 1.12 bits per heavy atom. The summed E-state index contributed by atoms with van der Waals surface area (Å²) in [5.74, 6) is -2.16. The van der Waals surface area contributed by atoms with Gasteiger partial charge in [0.05, 0.1) is 30.7 Å². The van der Waals surface area contributed by atoms with E-state index in [2.05, 4.69) is 0 Å². The third-order valence-electron chi connectivity index (χ3n) is 5.53. The van der Waals surface area contributed by atoms with Crippen molar-refractivity contribution in [2.75, 3.05) is 13.7 Å². The molecule has 0 saturated heterocycles. The second-order valence-corrected chi connectivity index (χ2v) is 8.13. The third kappa shape index (κ3) is 3.73. The fraction of sp³-hybridized carbons (Fsp3) is 0.208. The van der Waals surface area contributed by atoms with Gasteiger partial charge in [0.2, 0.25) is 0 Å². The summed E-state index contributed by atoms with van der Waals surface area (Å²) in [6.07, 6.45) is 1.45. The number of alkyl halides is 2. The van der Waals surface area contributed by atoms with Gasteiger partial charge < -0.3 is 13.9 Å². The predicted molar refractivity (Wildman–Crippen MR) is 117 cm³/mol. The van der Waals surface area contributed by atoms with Crippen LogP contribution in [0.1, 0.15) is 6.42 Å². The number of halogens is 3. The van der Waals surface area contributed by atoms with Gasteiger partial charge in [-0.3, -0.25) is 9.36 Å². The van der Waals surface area contributed by atoms with E-state index in [1.807, 2.05) is 12.1 Å². The molecule has 32 heavy (non-hydrogen) atoms. The molecular weight excluding hydrogens is 440 g/mol. The van der Waals surface area contributed by atoms with Crippen molar-refractivity contribution in [3.8, 4) is 28.5 Å². The second-order valence-electron chi connectivity index (χ2n) is 7.69. The summed E-state index contributed by atoms with van der Waals surface area (Å²) in [5, 5.41) is 1.03. The molecule has 1 unspecified atom stereocenters. The van der Waals surface area contributed by atoms with Crippen LogP contribution < -0.4 is 15.0 Å². The van der Waals surface area contributed by atoms with E-state index in [9.17, 15) is 13.6 Å². The maximum atomic E-state index is 13.1. The first-order valence-corrected chi connectivity index (χ1v) is 10.3. The Hall–Kier alpha value is -3.32. The molecule has 5 nitrogen and oxygen atoms in total. The minimum Gasteiger partial charge on any atom is -0.493 e. The first-order chi connectivity index (χ1) is 15.4. The molecule has 2 heterocycles. The van der Waals surface area contributed by atoms with Crippen molar-refractivity contribution in [3.05, 3.63) is 76.2 Å². The van der Waals surface area contributed by atoms with E-state index >= 15 is 0 Å². The van der Waals surface area contributed by atoms with Crippen molar-refractivity contribution < 1.29 is 22.7 Å². The molecular formula is C24H18ClF2NO4. The van der Waals surface area contributed by atoms with Crippen molar-refractivity contribution in [1.29, 1.82) is 0 Å². The predicted octanol–water partition coefficient (Wildman–Crippen LogP) is 5.95. The summed E-state index contributed by atoms with van der Waals surface area (Å²) < 4.78 is 44.4. The molecule has 8 heteroatoms. The highest BCUT2D eigenvalue weighted by Crippen LogP contribution is 2.49. The summed E-state index contributed by atoms with van der Waals surface area (Å²) >= 11 is 5.94. The quantitative estimate of drug-likeness (QED) is 0.359. The van der Waals surface area contributed by atoms with Crippen LogP contribution in [0.15, 0.2) is 70.0 Å². The van der Waals surface area contributed by atoms with E-state index in [0.717, 1.165) is 5.56 Å². The fourth-order valence-corrected chi connectivity index (χ4v) is 3.69. The maximum Gasteiger partial charge on any atom is 0.266 e. The van der Waals surface area contributed by atoms with E-state index in [1.165, 1.54) is 11.7 Å². The number of aromatic nitrogens is 1. The Labute approximate surface area is 186 Å². The van der Waals surface area contributed by atoms with Crippen LogP contribution in [0.4, 0.5) is 8.78 Å². The second kappa shape index (κ2) is 7.67. The minimum atomic E-state index is -2.65. The van der Waals surface area contributed by atoms with Crippen LogP contribution in [0.5, 0.6) is 11.5 Å². The molecule has 0 amide bonds. The molecule has 2 aromatic heterocycles. The van der Waals surface area contributed by atoms with Gasteiger partial charge in [-0.15, -0.1) is 0 Å². The number of benzene rings is 2. The van der Waals surface area contributed by atoms with Crippen LogP contribution in [0.2, 0.25) is 5.02 Å². The minimum absolute atomic E-state index is 0.0862. The number of furan rings is 1.